The van der Waals surface area contributed by atoms with Crippen molar-refractivity contribution in [2.45, 2.75) is 71.8 Å². The normalized spacial score (nSPS) is 27.2. The summed E-state index contributed by atoms with van der Waals surface area (Å²) in [5, 5.41) is 4.95. The Hall–Kier alpha value is -0.410. The highest BCUT2D eigenvalue weighted by molar-refractivity contribution is 7.11. The average molecular weight is 280 g/mol. The molecule has 0 saturated heterocycles. The molecule has 1 aliphatic rings. The van der Waals surface area contributed by atoms with E-state index < -0.39 is 0 Å². The van der Waals surface area contributed by atoms with Crippen molar-refractivity contribution < 1.29 is 0 Å². The molecule has 1 saturated carbocycles. The monoisotopic (exact) mass is 280 g/mol. The summed E-state index contributed by atoms with van der Waals surface area (Å²) < 4.78 is 0. The van der Waals surface area contributed by atoms with Crippen molar-refractivity contribution in [1.29, 1.82) is 0 Å². The molecule has 3 heteroatoms. The summed E-state index contributed by atoms with van der Waals surface area (Å²) >= 11 is 1.90. The second-order valence-electron chi connectivity index (χ2n) is 6.73. The molecule has 0 bridgehead atoms. The van der Waals surface area contributed by atoms with Crippen LogP contribution in [0.2, 0.25) is 0 Å². The van der Waals surface area contributed by atoms with Gasteiger partial charge in [-0.15, -0.1) is 11.3 Å². The van der Waals surface area contributed by atoms with Crippen LogP contribution in [0.3, 0.4) is 0 Å². The summed E-state index contributed by atoms with van der Waals surface area (Å²) in [6.07, 6.45) is 7.41. The van der Waals surface area contributed by atoms with E-state index in [1.165, 1.54) is 47.7 Å². The van der Waals surface area contributed by atoms with Crippen molar-refractivity contribution in [2.75, 3.05) is 7.05 Å². The van der Waals surface area contributed by atoms with Crippen molar-refractivity contribution in [3.63, 3.8) is 0 Å². The van der Waals surface area contributed by atoms with Crippen molar-refractivity contribution in [3.8, 4) is 0 Å². The minimum Gasteiger partial charge on any atom is -0.308 e. The molecule has 1 fully saturated rings. The van der Waals surface area contributed by atoms with E-state index in [4.69, 9.17) is 4.98 Å². The lowest BCUT2D eigenvalue weighted by atomic mass is 9.83. The van der Waals surface area contributed by atoms with E-state index in [1.54, 1.807) is 0 Å². The Labute approximate surface area is 122 Å². The predicted molar refractivity (Wildman–Crippen MR) is 83.8 cm³/mol. The first-order chi connectivity index (χ1) is 8.92. The Bertz CT molecular complexity index is 436. The van der Waals surface area contributed by atoms with Crippen LogP contribution in [0.25, 0.3) is 0 Å². The van der Waals surface area contributed by atoms with Crippen LogP contribution in [0.4, 0.5) is 0 Å². The van der Waals surface area contributed by atoms with E-state index in [-0.39, 0.29) is 5.54 Å². The van der Waals surface area contributed by atoms with E-state index in [0.717, 1.165) is 6.42 Å². The molecule has 1 N–H and O–H groups in total. The SMILES string of the molecule is CCc1nc(C2(NC)CCCC(C)(C)CC2)sc1C. The summed E-state index contributed by atoms with van der Waals surface area (Å²) in [6.45, 7) is 9.23. The predicted octanol–water partition coefficient (Wildman–Crippen LogP) is 4.42. The number of hydrogen-bond donors (Lipinski definition) is 1. The van der Waals surface area contributed by atoms with Crippen molar-refractivity contribution >= 4 is 11.3 Å². The first-order valence-corrected chi connectivity index (χ1v) is 8.40. The number of nitrogens with zero attached hydrogens (tertiary/aromatic N) is 1. The summed E-state index contributed by atoms with van der Waals surface area (Å²) in [5.74, 6) is 0. The fourth-order valence-electron chi connectivity index (χ4n) is 3.20. The molecule has 0 aliphatic heterocycles. The molecule has 1 aromatic heterocycles. The topological polar surface area (TPSA) is 24.9 Å². The van der Waals surface area contributed by atoms with Gasteiger partial charge >= 0.3 is 0 Å². The molecule has 108 valence electrons. The highest BCUT2D eigenvalue weighted by atomic mass is 32.1. The number of hydrogen-bond acceptors (Lipinski definition) is 3. The number of nitrogens with one attached hydrogen (secondary N) is 1. The van der Waals surface area contributed by atoms with Gasteiger partial charge in [0.2, 0.25) is 0 Å². The van der Waals surface area contributed by atoms with Gasteiger partial charge in [-0.05, 0) is 51.5 Å². The van der Waals surface area contributed by atoms with Gasteiger partial charge in [0, 0.05) is 4.88 Å². The van der Waals surface area contributed by atoms with Crippen molar-refractivity contribution in [1.82, 2.24) is 10.3 Å². The summed E-state index contributed by atoms with van der Waals surface area (Å²) in [4.78, 5) is 6.34. The van der Waals surface area contributed by atoms with E-state index in [0.29, 0.717) is 5.41 Å². The van der Waals surface area contributed by atoms with Crippen LogP contribution in [0.15, 0.2) is 0 Å². The van der Waals surface area contributed by atoms with Gasteiger partial charge in [-0.2, -0.15) is 0 Å². The zero-order valence-electron chi connectivity index (χ0n) is 13.1. The molecule has 1 heterocycles. The first kappa shape index (κ1) is 15.0. The molecule has 1 aliphatic carbocycles. The Kier molecular flexibility index (Phi) is 4.36. The fourth-order valence-corrected chi connectivity index (χ4v) is 4.46. The Morgan fingerprint density at radius 3 is 2.53 bits per heavy atom. The van der Waals surface area contributed by atoms with Crippen LogP contribution in [-0.4, -0.2) is 12.0 Å². The maximum absolute atomic E-state index is 4.94. The van der Waals surface area contributed by atoms with Crippen molar-refractivity contribution in [2.24, 2.45) is 5.41 Å². The van der Waals surface area contributed by atoms with Crippen LogP contribution in [0.5, 0.6) is 0 Å². The van der Waals surface area contributed by atoms with E-state index in [1.807, 2.05) is 11.3 Å². The molecule has 1 unspecified atom stereocenters. The van der Waals surface area contributed by atoms with Crippen LogP contribution < -0.4 is 5.32 Å². The molecule has 1 atom stereocenters. The molecule has 0 aromatic carbocycles. The minimum atomic E-state index is 0.122. The first-order valence-electron chi connectivity index (χ1n) is 7.58. The molecular weight excluding hydrogens is 252 g/mol. The van der Waals surface area contributed by atoms with Gasteiger partial charge < -0.3 is 5.32 Å². The third-order valence-electron chi connectivity index (χ3n) is 4.80. The largest absolute Gasteiger partial charge is 0.308 e. The molecule has 0 radical (unpaired) electrons. The van der Waals surface area contributed by atoms with Crippen molar-refractivity contribution in [3.05, 3.63) is 15.6 Å². The second-order valence-corrected chi connectivity index (χ2v) is 7.93. The lowest BCUT2D eigenvalue weighted by molar-refractivity contribution is 0.276. The lowest BCUT2D eigenvalue weighted by Gasteiger charge is -2.31. The van der Waals surface area contributed by atoms with Crippen LogP contribution in [-0.2, 0) is 12.0 Å². The van der Waals surface area contributed by atoms with Gasteiger partial charge in [-0.3, -0.25) is 0 Å². The van der Waals surface area contributed by atoms with Gasteiger partial charge in [-0.1, -0.05) is 27.2 Å². The number of thiazole rings is 1. The maximum Gasteiger partial charge on any atom is 0.113 e. The standard InChI is InChI=1S/C16H28N2S/c1-6-13-12(2)19-14(18-13)16(17-5)9-7-8-15(3,4)10-11-16/h17H,6-11H2,1-5H3. The Morgan fingerprint density at radius 2 is 1.95 bits per heavy atom. The summed E-state index contributed by atoms with van der Waals surface area (Å²) in [6, 6.07) is 0. The van der Waals surface area contributed by atoms with Crippen LogP contribution in [0.1, 0.15) is 68.5 Å². The van der Waals surface area contributed by atoms with Gasteiger partial charge in [0.15, 0.2) is 0 Å². The molecule has 2 nitrogen and oxygen atoms in total. The minimum absolute atomic E-state index is 0.122. The van der Waals surface area contributed by atoms with Gasteiger partial charge in [0.1, 0.15) is 5.01 Å². The Balaban J connectivity index is 2.31. The third kappa shape index (κ3) is 3.03. The van der Waals surface area contributed by atoms with Gasteiger partial charge in [-0.25, -0.2) is 4.98 Å². The molecule has 19 heavy (non-hydrogen) atoms. The quantitative estimate of drug-likeness (QED) is 0.829. The molecule has 1 aromatic rings. The molecule has 0 amide bonds. The zero-order valence-corrected chi connectivity index (χ0v) is 13.9. The second kappa shape index (κ2) is 5.53. The average Bonchev–Trinajstić information content (AvgIpc) is 2.67. The van der Waals surface area contributed by atoms with E-state index >= 15 is 0 Å². The Morgan fingerprint density at radius 1 is 1.21 bits per heavy atom. The molecular formula is C16H28N2S. The highest BCUT2D eigenvalue weighted by Gasteiger charge is 2.38. The van der Waals surface area contributed by atoms with Crippen LogP contribution >= 0.6 is 11.3 Å². The highest BCUT2D eigenvalue weighted by Crippen LogP contribution is 2.44. The van der Waals surface area contributed by atoms with Gasteiger partial charge in [0.05, 0.1) is 11.2 Å². The maximum atomic E-state index is 4.94. The zero-order chi connectivity index (χ0) is 14.1. The number of rotatable bonds is 3. The fraction of sp³-hybridized carbons (Fsp3) is 0.812. The lowest BCUT2D eigenvalue weighted by Crippen LogP contribution is -2.39. The summed E-state index contributed by atoms with van der Waals surface area (Å²) in [7, 11) is 2.11. The number of aromatic nitrogens is 1. The summed E-state index contributed by atoms with van der Waals surface area (Å²) in [5.41, 5.74) is 1.90. The smallest absolute Gasteiger partial charge is 0.113 e. The third-order valence-corrected chi connectivity index (χ3v) is 6.02. The van der Waals surface area contributed by atoms with E-state index in [2.05, 4.69) is 40.1 Å². The van der Waals surface area contributed by atoms with Crippen LogP contribution in [0, 0.1) is 12.3 Å². The van der Waals surface area contributed by atoms with E-state index in [9.17, 15) is 0 Å². The number of aryl methyl sites for hydroxylation is 2. The molecule has 0 spiro atoms. The molecule has 2 rings (SSSR count). The van der Waals surface area contributed by atoms with Gasteiger partial charge in [0.25, 0.3) is 0 Å².